The molecule has 2 aromatic carbocycles. The number of para-hydroxylation sites is 1. The van der Waals surface area contributed by atoms with Crippen LogP contribution >= 0.6 is 0 Å². The van der Waals surface area contributed by atoms with E-state index in [1.54, 1.807) is 19.1 Å². The van der Waals surface area contributed by atoms with E-state index in [9.17, 15) is 4.39 Å². The van der Waals surface area contributed by atoms with Crippen LogP contribution in [0.2, 0.25) is 0 Å². The van der Waals surface area contributed by atoms with Gasteiger partial charge in [-0.2, -0.15) is 0 Å². The molecule has 3 aromatic rings. The first-order chi connectivity index (χ1) is 9.24. The third-order valence-electron chi connectivity index (χ3n) is 2.86. The molecule has 94 valence electrons. The van der Waals surface area contributed by atoms with Crippen molar-refractivity contribution in [3.63, 3.8) is 0 Å². The fourth-order valence-electron chi connectivity index (χ4n) is 1.81. The quantitative estimate of drug-likeness (QED) is 0.696. The standard InChI is InChI=1S/C15H11FN2O/c1-10-6-7-11(8-13(10)16)19-15-12-4-2-3-5-14(12)17-9-18-15/h2-9H,1H3. The average Bonchev–Trinajstić information content (AvgIpc) is 2.43. The third kappa shape index (κ3) is 2.25. The number of aromatic nitrogens is 2. The SMILES string of the molecule is Cc1ccc(Oc2ncnc3ccccc23)cc1F. The van der Waals surface area contributed by atoms with Crippen molar-refractivity contribution in [2.24, 2.45) is 0 Å². The molecular formula is C15H11FN2O. The number of halogens is 1. The Balaban J connectivity index is 2.03. The Bertz CT molecular complexity index is 738. The number of fused-ring (bicyclic) bond motifs is 1. The van der Waals surface area contributed by atoms with Gasteiger partial charge in [0.05, 0.1) is 10.9 Å². The molecule has 0 amide bonds. The van der Waals surface area contributed by atoms with Crippen LogP contribution in [0.5, 0.6) is 11.6 Å². The van der Waals surface area contributed by atoms with E-state index in [0.29, 0.717) is 17.2 Å². The summed E-state index contributed by atoms with van der Waals surface area (Å²) in [5.41, 5.74) is 1.37. The van der Waals surface area contributed by atoms with Crippen LogP contribution in [0, 0.1) is 12.7 Å². The van der Waals surface area contributed by atoms with Crippen molar-refractivity contribution in [1.29, 1.82) is 0 Å². The predicted octanol–water partition coefficient (Wildman–Crippen LogP) is 3.87. The number of ether oxygens (including phenoxy) is 1. The number of hydrogen-bond donors (Lipinski definition) is 0. The van der Waals surface area contributed by atoms with Gasteiger partial charge < -0.3 is 4.74 Å². The minimum absolute atomic E-state index is 0.295. The second kappa shape index (κ2) is 4.65. The summed E-state index contributed by atoms with van der Waals surface area (Å²) in [5, 5.41) is 0.797. The van der Waals surface area contributed by atoms with E-state index in [0.717, 1.165) is 10.9 Å². The number of aryl methyl sites for hydroxylation is 1. The van der Waals surface area contributed by atoms with Gasteiger partial charge in [0.15, 0.2) is 0 Å². The molecule has 3 rings (SSSR count). The van der Waals surface area contributed by atoms with Crippen molar-refractivity contribution in [2.45, 2.75) is 6.92 Å². The van der Waals surface area contributed by atoms with Gasteiger partial charge in [0.2, 0.25) is 5.88 Å². The van der Waals surface area contributed by atoms with Crippen LogP contribution in [0.15, 0.2) is 48.8 Å². The first-order valence-corrected chi connectivity index (χ1v) is 5.88. The summed E-state index contributed by atoms with van der Waals surface area (Å²) in [7, 11) is 0. The highest BCUT2D eigenvalue weighted by Crippen LogP contribution is 2.27. The molecule has 0 N–H and O–H groups in total. The third-order valence-corrected chi connectivity index (χ3v) is 2.86. The molecule has 0 fully saturated rings. The maximum absolute atomic E-state index is 13.5. The largest absolute Gasteiger partial charge is 0.438 e. The summed E-state index contributed by atoms with van der Waals surface area (Å²) in [6.45, 7) is 1.71. The van der Waals surface area contributed by atoms with Gasteiger partial charge in [-0.25, -0.2) is 14.4 Å². The van der Waals surface area contributed by atoms with Crippen LogP contribution < -0.4 is 4.74 Å². The molecule has 0 spiro atoms. The normalized spacial score (nSPS) is 10.6. The first-order valence-electron chi connectivity index (χ1n) is 5.88. The highest BCUT2D eigenvalue weighted by molar-refractivity contribution is 5.83. The Hall–Kier alpha value is -2.49. The molecule has 0 unspecified atom stereocenters. The van der Waals surface area contributed by atoms with Crippen LogP contribution in [0.3, 0.4) is 0 Å². The lowest BCUT2D eigenvalue weighted by molar-refractivity contribution is 0.462. The Kier molecular flexibility index (Phi) is 2.83. The lowest BCUT2D eigenvalue weighted by Crippen LogP contribution is -1.92. The molecule has 0 bridgehead atoms. The monoisotopic (exact) mass is 254 g/mol. The van der Waals surface area contributed by atoms with Gasteiger partial charge in [0.25, 0.3) is 0 Å². The first kappa shape index (κ1) is 11.6. The Morgan fingerprint density at radius 1 is 1.05 bits per heavy atom. The van der Waals surface area contributed by atoms with Crippen LogP contribution in [-0.2, 0) is 0 Å². The molecule has 0 aliphatic rings. The molecule has 0 atom stereocenters. The topological polar surface area (TPSA) is 35.0 Å². The van der Waals surface area contributed by atoms with E-state index >= 15 is 0 Å². The Labute approximate surface area is 109 Å². The summed E-state index contributed by atoms with van der Waals surface area (Å²) >= 11 is 0. The van der Waals surface area contributed by atoms with E-state index in [1.165, 1.54) is 12.4 Å². The molecular weight excluding hydrogens is 243 g/mol. The molecule has 0 saturated carbocycles. The van der Waals surface area contributed by atoms with E-state index in [-0.39, 0.29) is 5.82 Å². The highest BCUT2D eigenvalue weighted by atomic mass is 19.1. The van der Waals surface area contributed by atoms with Crippen molar-refractivity contribution >= 4 is 10.9 Å². The van der Waals surface area contributed by atoms with Crippen molar-refractivity contribution in [2.75, 3.05) is 0 Å². The minimum atomic E-state index is -0.295. The van der Waals surface area contributed by atoms with Crippen LogP contribution in [0.1, 0.15) is 5.56 Å². The van der Waals surface area contributed by atoms with Crippen molar-refractivity contribution in [1.82, 2.24) is 9.97 Å². The summed E-state index contributed by atoms with van der Waals surface area (Å²) in [5.74, 6) is 0.552. The van der Waals surface area contributed by atoms with E-state index in [2.05, 4.69) is 9.97 Å². The Morgan fingerprint density at radius 3 is 2.74 bits per heavy atom. The van der Waals surface area contributed by atoms with Crippen molar-refractivity contribution in [3.05, 3.63) is 60.2 Å². The zero-order chi connectivity index (χ0) is 13.2. The number of nitrogens with zero attached hydrogens (tertiary/aromatic N) is 2. The Morgan fingerprint density at radius 2 is 1.89 bits per heavy atom. The summed E-state index contributed by atoms with van der Waals surface area (Å²) in [6, 6.07) is 12.3. The van der Waals surface area contributed by atoms with Gasteiger partial charge >= 0.3 is 0 Å². The maximum Gasteiger partial charge on any atom is 0.230 e. The fraction of sp³-hybridized carbons (Fsp3) is 0.0667. The fourth-order valence-corrected chi connectivity index (χ4v) is 1.81. The van der Waals surface area contributed by atoms with Gasteiger partial charge in [-0.3, -0.25) is 0 Å². The second-order valence-corrected chi connectivity index (χ2v) is 4.21. The van der Waals surface area contributed by atoms with E-state index in [4.69, 9.17) is 4.74 Å². The molecule has 19 heavy (non-hydrogen) atoms. The molecule has 3 nitrogen and oxygen atoms in total. The van der Waals surface area contributed by atoms with Gasteiger partial charge in [0.1, 0.15) is 17.9 Å². The highest BCUT2D eigenvalue weighted by Gasteiger charge is 2.07. The molecule has 0 radical (unpaired) electrons. The molecule has 1 aromatic heterocycles. The summed E-state index contributed by atoms with van der Waals surface area (Å²) in [6.07, 6.45) is 1.43. The number of rotatable bonds is 2. The summed E-state index contributed by atoms with van der Waals surface area (Å²) < 4.78 is 19.1. The number of hydrogen-bond acceptors (Lipinski definition) is 3. The van der Waals surface area contributed by atoms with Crippen LogP contribution in [0.25, 0.3) is 10.9 Å². The molecule has 0 aliphatic heterocycles. The van der Waals surface area contributed by atoms with Crippen LogP contribution in [-0.4, -0.2) is 9.97 Å². The van der Waals surface area contributed by atoms with Gasteiger partial charge in [0, 0.05) is 6.07 Å². The van der Waals surface area contributed by atoms with Crippen molar-refractivity contribution < 1.29 is 9.13 Å². The van der Waals surface area contributed by atoms with Gasteiger partial charge in [-0.1, -0.05) is 18.2 Å². The molecule has 4 heteroatoms. The van der Waals surface area contributed by atoms with E-state index < -0.39 is 0 Å². The smallest absolute Gasteiger partial charge is 0.230 e. The number of benzene rings is 2. The van der Waals surface area contributed by atoms with Gasteiger partial charge in [-0.15, -0.1) is 0 Å². The molecule has 0 saturated heterocycles. The zero-order valence-electron chi connectivity index (χ0n) is 10.3. The zero-order valence-corrected chi connectivity index (χ0v) is 10.3. The lowest BCUT2D eigenvalue weighted by Gasteiger charge is -2.07. The second-order valence-electron chi connectivity index (χ2n) is 4.21. The lowest BCUT2D eigenvalue weighted by atomic mass is 10.2. The predicted molar refractivity (Wildman–Crippen MR) is 70.7 cm³/mol. The minimum Gasteiger partial charge on any atom is -0.438 e. The van der Waals surface area contributed by atoms with Gasteiger partial charge in [-0.05, 0) is 30.7 Å². The molecule has 0 aliphatic carbocycles. The van der Waals surface area contributed by atoms with Crippen LogP contribution in [0.4, 0.5) is 4.39 Å². The van der Waals surface area contributed by atoms with Crippen molar-refractivity contribution in [3.8, 4) is 11.6 Å². The summed E-state index contributed by atoms with van der Waals surface area (Å²) in [4.78, 5) is 8.25. The van der Waals surface area contributed by atoms with E-state index in [1.807, 2.05) is 24.3 Å². The maximum atomic E-state index is 13.5. The molecule has 1 heterocycles. The average molecular weight is 254 g/mol.